The smallest absolute Gasteiger partial charge is 0.261 e. The van der Waals surface area contributed by atoms with E-state index < -0.39 is 10.0 Å². The van der Waals surface area contributed by atoms with Crippen LogP contribution in [0.2, 0.25) is 0 Å². The average Bonchev–Trinajstić information content (AvgIpc) is 3.26. The molecule has 0 saturated carbocycles. The van der Waals surface area contributed by atoms with Crippen molar-refractivity contribution in [2.24, 2.45) is 0 Å². The number of nitrogens with one attached hydrogen (secondary N) is 2. The van der Waals surface area contributed by atoms with Crippen LogP contribution >= 0.6 is 11.3 Å². The zero-order chi connectivity index (χ0) is 20.4. The van der Waals surface area contributed by atoms with Crippen LogP contribution in [0.4, 0.5) is 11.4 Å². The zero-order valence-electron chi connectivity index (χ0n) is 15.5. The van der Waals surface area contributed by atoms with Gasteiger partial charge in [0.05, 0.1) is 22.7 Å². The maximum Gasteiger partial charge on any atom is 0.261 e. The molecule has 0 aliphatic carbocycles. The molecule has 1 amide bonds. The number of hydrogen-bond donors (Lipinski definition) is 2. The number of sulfonamides is 1. The van der Waals surface area contributed by atoms with E-state index in [0.29, 0.717) is 17.1 Å². The van der Waals surface area contributed by atoms with E-state index >= 15 is 0 Å². The lowest BCUT2D eigenvalue weighted by Crippen LogP contribution is -2.16. The maximum atomic E-state index is 12.6. The van der Waals surface area contributed by atoms with Crippen molar-refractivity contribution in [2.45, 2.75) is 18.2 Å². The van der Waals surface area contributed by atoms with Gasteiger partial charge in [-0.1, -0.05) is 24.3 Å². The molecule has 0 unspecified atom stereocenters. The molecule has 2 aromatic heterocycles. The number of anilines is 2. The van der Waals surface area contributed by atoms with Crippen LogP contribution in [0.25, 0.3) is 4.96 Å². The Hall–Kier alpha value is -3.17. The largest absolute Gasteiger partial charge is 0.326 e. The number of thiazole rings is 1. The van der Waals surface area contributed by atoms with Crippen LogP contribution in [-0.4, -0.2) is 23.7 Å². The van der Waals surface area contributed by atoms with Gasteiger partial charge in [0.25, 0.3) is 10.0 Å². The van der Waals surface area contributed by atoms with Gasteiger partial charge in [-0.15, -0.1) is 11.3 Å². The maximum absolute atomic E-state index is 12.6. The molecule has 0 radical (unpaired) electrons. The number of hydrogen-bond acceptors (Lipinski definition) is 5. The Morgan fingerprint density at radius 3 is 2.72 bits per heavy atom. The first-order chi connectivity index (χ1) is 13.9. The highest BCUT2D eigenvalue weighted by atomic mass is 32.2. The van der Waals surface area contributed by atoms with E-state index in [0.717, 1.165) is 10.5 Å². The normalized spacial score (nSPS) is 11.5. The number of carbonyl (C=O) groups excluding carboxylic acids is 1. The van der Waals surface area contributed by atoms with Crippen molar-refractivity contribution in [3.05, 3.63) is 77.6 Å². The molecule has 4 aromatic rings. The van der Waals surface area contributed by atoms with Gasteiger partial charge in [-0.3, -0.25) is 13.9 Å². The van der Waals surface area contributed by atoms with Crippen molar-refractivity contribution in [2.75, 3.05) is 10.0 Å². The third kappa shape index (κ3) is 4.30. The monoisotopic (exact) mass is 426 g/mol. The van der Waals surface area contributed by atoms with Gasteiger partial charge in [-0.25, -0.2) is 13.4 Å². The first kappa shape index (κ1) is 19.2. The minimum atomic E-state index is -3.71. The number of amides is 1. The van der Waals surface area contributed by atoms with Gasteiger partial charge < -0.3 is 5.32 Å². The van der Waals surface area contributed by atoms with Gasteiger partial charge >= 0.3 is 0 Å². The molecule has 9 heteroatoms. The van der Waals surface area contributed by atoms with Crippen LogP contribution in [0, 0.1) is 6.92 Å². The molecule has 7 nitrogen and oxygen atoms in total. The quantitative estimate of drug-likeness (QED) is 0.492. The summed E-state index contributed by atoms with van der Waals surface area (Å²) in [5, 5.41) is 4.73. The predicted octanol–water partition coefficient (Wildman–Crippen LogP) is 3.69. The fourth-order valence-corrected chi connectivity index (χ4v) is 4.71. The third-order valence-electron chi connectivity index (χ3n) is 4.30. The number of aryl methyl sites for hydroxylation is 1. The van der Waals surface area contributed by atoms with E-state index in [2.05, 4.69) is 15.0 Å². The highest BCUT2D eigenvalue weighted by molar-refractivity contribution is 7.92. The summed E-state index contributed by atoms with van der Waals surface area (Å²) < 4.78 is 29.6. The number of nitrogens with zero attached hydrogens (tertiary/aromatic N) is 2. The molecule has 0 spiro atoms. The van der Waals surface area contributed by atoms with Gasteiger partial charge in [-0.2, -0.15) is 0 Å². The Bertz CT molecular complexity index is 1250. The van der Waals surface area contributed by atoms with Gasteiger partial charge in [-0.05, 0) is 36.8 Å². The summed E-state index contributed by atoms with van der Waals surface area (Å²) in [6.07, 6.45) is 3.84. The molecule has 0 aliphatic rings. The Labute approximate surface area is 172 Å². The standard InChI is InChI=1S/C20H18N4O3S2/c1-14-7-8-15(11-18(14)23-29(26,27)17-5-3-2-4-6-17)21-19(25)12-16-13-24-9-10-28-20(24)22-16/h2-11,13,23H,12H2,1H3,(H,21,25). The summed E-state index contributed by atoms with van der Waals surface area (Å²) in [6.45, 7) is 1.80. The Morgan fingerprint density at radius 1 is 1.17 bits per heavy atom. The summed E-state index contributed by atoms with van der Waals surface area (Å²) in [5.41, 5.74) is 2.34. The number of rotatable bonds is 6. The van der Waals surface area contributed by atoms with Crippen molar-refractivity contribution < 1.29 is 13.2 Å². The van der Waals surface area contributed by atoms with E-state index in [9.17, 15) is 13.2 Å². The van der Waals surface area contributed by atoms with Crippen LogP contribution in [0.5, 0.6) is 0 Å². The molecule has 2 aromatic carbocycles. The fraction of sp³-hybridized carbons (Fsp3) is 0.100. The number of aromatic nitrogens is 2. The molecule has 29 heavy (non-hydrogen) atoms. The summed E-state index contributed by atoms with van der Waals surface area (Å²) in [5.74, 6) is -0.225. The van der Waals surface area contributed by atoms with Crippen LogP contribution in [0.15, 0.2) is 71.2 Å². The van der Waals surface area contributed by atoms with Crippen molar-refractivity contribution in [1.82, 2.24) is 9.38 Å². The molecule has 0 aliphatic heterocycles. The lowest BCUT2D eigenvalue weighted by Gasteiger charge is -2.13. The SMILES string of the molecule is Cc1ccc(NC(=O)Cc2cn3ccsc3n2)cc1NS(=O)(=O)c1ccccc1. The predicted molar refractivity (Wildman–Crippen MR) is 114 cm³/mol. The highest BCUT2D eigenvalue weighted by Crippen LogP contribution is 2.24. The summed E-state index contributed by atoms with van der Waals surface area (Å²) in [4.78, 5) is 17.8. The number of carbonyl (C=O) groups is 1. The van der Waals surface area contributed by atoms with Crippen molar-refractivity contribution in [3.63, 3.8) is 0 Å². The molecular formula is C20H18N4O3S2. The van der Waals surface area contributed by atoms with Crippen molar-refractivity contribution >= 4 is 43.6 Å². The average molecular weight is 427 g/mol. The van der Waals surface area contributed by atoms with Gasteiger partial charge in [0.2, 0.25) is 5.91 Å². The molecule has 148 valence electrons. The van der Waals surface area contributed by atoms with E-state index in [4.69, 9.17) is 0 Å². The van der Waals surface area contributed by atoms with E-state index in [1.54, 1.807) is 43.3 Å². The first-order valence-electron chi connectivity index (χ1n) is 8.80. The van der Waals surface area contributed by atoms with Crippen LogP contribution in [-0.2, 0) is 21.2 Å². The Kier molecular flexibility index (Phi) is 5.08. The van der Waals surface area contributed by atoms with Gasteiger partial charge in [0.1, 0.15) is 0 Å². The molecule has 4 rings (SSSR count). The second-order valence-corrected chi connectivity index (χ2v) is 9.05. The molecule has 2 heterocycles. The molecule has 0 bridgehead atoms. The molecular weight excluding hydrogens is 408 g/mol. The van der Waals surface area contributed by atoms with E-state index in [1.165, 1.54) is 23.5 Å². The Balaban J connectivity index is 1.49. The minimum Gasteiger partial charge on any atom is -0.326 e. The second kappa shape index (κ2) is 7.69. The lowest BCUT2D eigenvalue weighted by molar-refractivity contribution is -0.115. The number of fused-ring (bicyclic) bond motifs is 1. The molecule has 0 saturated heterocycles. The molecule has 0 fully saturated rings. The van der Waals surface area contributed by atoms with Gasteiger partial charge in [0.15, 0.2) is 4.96 Å². The van der Waals surface area contributed by atoms with E-state index in [1.807, 2.05) is 22.2 Å². The molecule has 0 atom stereocenters. The minimum absolute atomic E-state index is 0.132. The first-order valence-corrected chi connectivity index (χ1v) is 11.2. The summed E-state index contributed by atoms with van der Waals surface area (Å²) in [7, 11) is -3.71. The van der Waals surface area contributed by atoms with Crippen molar-refractivity contribution in [1.29, 1.82) is 0 Å². The summed E-state index contributed by atoms with van der Waals surface area (Å²) >= 11 is 1.50. The van der Waals surface area contributed by atoms with Crippen molar-refractivity contribution in [3.8, 4) is 0 Å². The van der Waals surface area contributed by atoms with Crippen LogP contribution in [0.3, 0.4) is 0 Å². The lowest BCUT2D eigenvalue weighted by atomic mass is 10.2. The summed E-state index contributed by atoms with van der Waals surface area (Å²) in [6, 6.07) is 13.2. The Morgan fingerprint density at radius 2 is 1.97 bits per heavy atom. The second-order valence-electron chi connectivity index (χ2n) is 6.50. The number of imidazole rings is 1. The van der Waals surface area contributed by atoms with Gasteiger partial charge in [0, 0.05) is 23.5 Å². The van der Waals surface area contributed by atoms with Crippen LogP contribution in [0.1, 0.15) is 11.3 Å². The zero-order valence-corrected chi connectivity index (χ0v) is 17.1. The fourth-order valence-electron chi connectivity index (χ4n) is 2.84. The van der Waals surface area contributed by atoms with Crippen LogP contribution < -0.4 is 10.0 Å². The van der Waals surface area contributed by atoms with E-state index in [-0.39, 0.29) is 17.2 Å². The molecule has 2 N–H and O–H groups in total. The third-order valence-corrected chi connectivity index (χ3v) is 6.46. The topological polar surface area (TPSA) is 92.6 Å². The highest BCUT2D eigenvalue weighted by Gasteiger charge is 2.16. The number of benzene rings is 2.